The maximum atomic E-state index is 13.4. The van der Waals surface area contributed by atoms with Gasteiger partial charge in [-0.3, -0.25) is 9.59 Å². The molecule has 31 heavy (non-hydrogen) atoms. The Balaban J connectivity index is 1.43. The zero-order chi connectivity index (χ0) is 21.6. The monoisotopic (exact) mass is 440 g/mol. The number of amides is 2. The Morgan fingerprint density at radius 1 is 0.903 bits per heavy atom. The first-order valence-electron chi connectivity index (χ1n) is 11.1. The molecule has 5 nitrogen and oxygen atoms in total. The van der Waals surface area contributed by atoms with E-state index < -0.39 is 0 Å². The van der Waals surface area contributed by atoms with E-state index in [2.05, 4.69) is 4.90 Å². The zero-order valence-corrected chi connectivity index (χ0v) is 18.5. The highest BCUT2D eigenvalue weighted by Crippen LogP contribution is 2.26. The molecule has 2 aromatic rings. The van der Waals surface area contributed by atoms with Gasteiger partial charge in [0.05, 0.1) is 6.42 Å². The molecule has 0 aromatic heterocycles. The highest BCUT2D eigenvalue weighted by molar-refractivity contribution is 6.30. The van der Waals surface area contributed by atoms with Crippen LogP contribution in [-0.4, -0.2) is 60.0 Å². The second-order valence-corrected chi connectivity index (χ2v) is 8.77. The number of halogens is 1. The lowest BCUT2D eigenvalue weighted by molar-refractivity contribution is -0.139. The van der Waals surface area contributed by atoms with Crippen molar-refractivity contribution in [3.8, 4) is 0 Å². The second-order valence-electron chi connectivity index (χ2n) is 8.34. The molecule has 2 amide bonds. The number of carbonyl (C=O) groups is 2. The number of benzene rings is 2. The summed E-state index contributed by atoms with van der Waals surface area (Å²) in [5.41, 5.74) is 1.70. The molecule has 0 unspecified atom stereocenters. The van der Waals surface area contributed by atoms with Gasteiger partial charge in [-0.2, -0.15) is 0 Å². The van der Waals surface area contributed by atoms with Crippen LogP contribution in [-0.2, 0) is 16.0 Å². The average molecular weight is 441 g/mol. The summed E-state index contributed by atoms with van der Waals surface area (Å²) in [4.78, 5) is 30.2. The summed E-state index contributed by atoms with van der Waals surface area (Å²) in [6, 6.07) is 17.3. The molecule has 0 bridgehead atoms. The lowest BCUT2D eigenvalue weighted by Crippen LogP contribution is -2.54. The fraction of sp³-hybridized carbons (Fsp3) is 0.440. The number of carbonyl (C=O) groups excluding carboxylic acids is 2. The molecule has 0 aliphatic carbocycles. The topological polar surface area (TPSA) is 49.9 Å². The summed E-state index contributed by atoms with van der Waals surface area (Å²) in [5, 5.41) is 0.624. The largest absolute Gasteiger partial charge is 0.381 e. The number of piperidine rings is 1. The first-order valence-corrected chi connectivity index (χ1v) is 11.5. The van der Waals surface area contributed by atoms with Crippen molar-refractivity contribution in [1.82, 2.24) is 9.80 Å². The molecule has 0 radical (unpaired) electrons. The van der Waals surface area contributed by atoms with Gasteiger partial charge in [-0.15, -0.1) is 0 Å². The molecule has 0 spiro atoms. The van der Waals surface area contributed by atoms with Gasteiger partial charge in [0.25, 0.3) is 5.91 Å². The lowest BCUT2D eigenvalue weighted by atomic mass is 9.96. The summed E-state index contributed by atoms with van der Waals surface area (Å²) < 4.78 is 5.54. The summed E-state index contributed by atoms with van der Waals surface area (Å²) in [6.45, 7) is 2.72. The fourth-order valence-electron chi connectivity index (χ4n) is 4.65. The van der Waals surface area contributed by atoms with Crippen molar-refractivity contribution >= 4 is 23.4 Å². The number of ether oxygens (including phenoxy) is 1. The number of hydrogen-bond donors (Lipinski definition) is 0. The highest BCUT2D eigenvalue weighted by atomic mass is 35.5. The molecule has 2 aliphatic rings. The van der Waals surface area contributed by atoms with Gasteiger partial charge in [0, 0.05) is 49.0 Å². The molecule has 2 aliphatic heterocycles. The summed E-state index contributed by atoms with van der Waals surface area (Å²) >= 11 is 5.95. The van der Waals surface area contributed by atoms with Crippen molar-refractivity contribution in [2.45, 2.75) is 44.2 Å². The molecule has 2 fully saturated rings. The second kappa shape index (κ2) is 10.3. The highest BCUT2D eigenvalue weighted by Gasteiger charge is 2.34. The smallest absolute Gasteiger partial charge is 0.253 e. The van der Waals surface area contributed by atoms with E-state index in [0.717, 1.165) is 31.2 Å². The van der Waals surface area contributed by atoms with Gasteiger partial charge >= 0.3 is 0 Å². The fourth-order valence-corrected chi connectivity index (χ4v) is 4.78. The summed E-state index contributed by atoms with van der Waals surface area (Å²) in [5.74, 6) is 0.212. The molecular weight excluding hydrogens is 412 g/mol. The number of nitrogens with zero attached hydrogens (tertiary/aromatic N) is 2. The van der Waals surface area contributed by atoms with Gasteiger partial charge in [-0.05, 0) is 55.5 Å². The minimum atomic E-state index is 0.0309. The first kappa shape index (κ1) is 21.8. The Bertz CT molecular complexity index is 873. The van der Waals surface area contributed by atoms with Crippen LogP contribution in [0.5, 0.6) is 0 Å². The van der Waals surface area contributed by atoms with E-state index in [-0.39, 0.29) is 23.9 Å². The molecule has 4 rings (SSSR count). The minimum absolute atomic E-state index is 0.0309. The summed E-state index contributed by atoms with van der Waals surface area (Å²) in [6.07, 6.45) is 3.78. The third-order valence-electron chi connectivity index (χ3n) is 6.31. The van der Waals surface area contributed by atoms with E-state index >= 15 is 0 Å². The van der Waals surface area contributed by atoms with Gasteiger partial charge in [0.1, 0.15) is 0 Å². The van der Waals surface area contributed by atoms with Crippen molar-refractivity contribution in [3.05, 3.63) is 70.7 Å². The van der Waals surface area contributed by atoms with Crippen LogP contribution in [0.15, 0.2) is 54.6 Å². The Morgan fingerprint density at radius 2 is 1.52 bits per heavy atom. The first-order chi connectivity index (χ1) is 15.1. The molecule has 164 valence electrons. The molecule has 0 N–H and O–H groups in total. The molecule has 0 saturated carbocycles. The Morgan fingerprint density at radius 3 is 2.16 bits per heavy atom. The van der Waals surface area contributed by atoms with Crippen LogP contribution in [0.1, 0.15) is 41.6 Å². The van der Waals surface area contributed by atoms with E-state index in [9.17, 15) is 9.59 Å². The van der Waals surface area contributed by atoms with Gasteiger partial charge in [0.15, 0.2) is 0 Å². The van der Waals surface area contributed by atoms with E-state index in [1.165, 1.54) is 0 Å². The quantitative estimate of drug-likeness (QED) is 0.700. The standard InChI is InChI=1S/C25H29ClN2O3/c26-21-8-6-20(7-9-21)25(30)27-14-10-22(11-15-27)28(23-12-16-31-17-13-23)24(29)18-19-4-2-1-3-5-19/h1-9,22-23H,10-18H2. The van der Waals surface area contributed by atoms with Crippen LogP contribution in [0.3, 0.4) is 0 Å². The molecule has 2 heterocycles. The molecule has 6 heteroatoms. The van der Waals surface area contributed by atoms with Crippen LogP contribution < -0.4 is 0 Å². The summed E-state index contributed by atoms with van der Waals surface area (Å²) in [7, 11) is 0. The normalized spacial score (nSPS) is 18.0. The van der Waals surface area contributed by atoms with E-state index in [0.29, 0.717) is 43.3 Å². The average Bonchev–Trinajstić information content (AvgIpc) is 2.81. The van der Waals surface area contributed by atoms with Gasteiger partial charge in [-0.25, -0.2) is 0 Å². The molecular formula is C25H29ClN2O3. The third-order valence-corrected chi connectivity index (χ3v) is 6.56. The Labute approximate surface area is 188 Å². The van der Waals surface area contributed by atoms with Crippen LogP contribution in [0, 0.1) is 0 Å². The molecule has 2 aromatic carbocycles. The number of rotatable bonds is 5. The van der Waals surface area contributed by atoms with E-state index in [1.807, 2.05) is 35.2 Å². The van der Waals surface area contributed by atoms with E-state index in [4.69, 9.17) is 16.3 Å². The lowest BCUT2D eigenvalue weighted by Gasteiger charge is -2.43. The van der Waals surface area contributed by atoms with Crippen molar-refractivity contribution in [2.24, 2.45) is 0 Å². The van der Waals surface area contributed by atoms with Crippen LogP contribution in [0.4, 0.5) is 0 Å². The van der Waals surface area contributed by atoms with Crippen molar-refractivity contribution < 1.29 is 14.3 Å². The predicted molar refractivity (Wildman–Crippen MR) is 121 cm³/mol. The van der Waals surface area contributed by atoms with Crippen LogP contribution in [0.25, 0.3) is 0 Å². The predicted octanol–water partition coefficient (Wildman–Crippen LogP) is 4.19. The maximum absolute atomic E-state index is 13.4. The Hall–Kier alpha value is -2.37. The van der Waals surface area contributed by atoms with Crippen LogP contribution in [0.2, 0.25) is 5.02 Å². The zero-order valence-electron chi connectivity index (χ0n) is 17.7. The van der Waals surface area contributed by atoms with Crippen molar-refractivity contribution in [2.75, 3.05) is 26.3 Å². The van der Waals surface area contributed by atoms with Crippen molar-refractivity contribution in [1.29, 1.82) is 0 Å². The molecule has 2 saturated heterocycles. The third kappa shape index (κ3) is 5.46. The van der Waals surface area contributed by atoms with E-state index in [1.54, 1.807) is 24.3 Å². The number of likely N-dealkylation sites (tertiary alicyclic amines) is 1. The SMILES string of the molecule is O=C(c1ccc(Cl)cc1)N1CCC(N(C(=O)Cc2ccccc2)C2CCOCC2)CC1. The van der Waals surface area contributed by atoms with Gasteiger partial charge in [-0.1, -0.05) is 41.9 Å². The van der Waals surface area contributed by atoms with Crippen molar-refractivity contribution in [3.63, 3.8) is 0 Å². The minimum Gasteiger partial charge on any atom is -0.381 e. The van der Waals surface area contributed by atoms with Gasteiger partial charge < -0.3 is 14.5 Å². The Kier molecular flexibility index (Phi) is 7.25. The molecule has 0 atom stereocenters. The number of hydrogen-bond acceptors (Lipinski definition) is 3. The van der Waals surface area contributed by atoms with Crippen LogP contribution >= 0.6 is 11.6 Å². The maximum Gasteiger partial charge on any atom is 0.253 e. The van der Waals surface area contributed by atoms with Gasteiger partial charge in [0.2, 0.25) is 5.91 Å².